The zero-order chi connectivity index (χ0) is 18.3. The van der Waals surface area contributed by atoms with Crippen LogP contribution in [0.5, 0.6) is 23.0 Å². The summed E-state index contributed by atoms with van der Waals surface area (Å²) in [6.07, 6.45) is -0.513. The van der Waals surface area contributed by atoms with E-state index in [-0.39, 0.29) is 50.5 Å². The Morgan fingerprint density at radius 2 is 1.80 bits per heavy atom. The number of hydrogen-bond donors (Lipinski definition) is 3. The lowest BCUT2D eigenvalue weighted by Gasteiger charge is -2.12. The molecule has 0 spiro atoms. The third-order valence-corrected chi connectivity index (χ3v) is 3.80. The van der Waals surface area contributed by atoms with E-state index in [1.54, 1.807) is 0 Å². The van der Waals surface area contributed by atoms with Gasteiger partial charge in [0.05, 0.1) is 26.0 Å². The molecule has 130 valence electrons. The average molecular weight is 346 g/mol. The Morgan fingerprint density at radius 1 is 1.08 bits per heavy atom. The van der Waals surface area contributed by atoms with Gasteiger partial charge in [-0.05, 0) is 11.6 Å². The highest BCUT2D eigenvalue weighted by Gasteiger charge is 2.22. The number of carboxylic acids is 1. The number of aromatic hydroxyl groups is 2. The van der Waals surface area contributed by atoms with Gasteiger partial charge in [-0.2, -0.15) is 0 Å². The van der Waals surface area contributed by atoms with Crippen LogP contribution in [0.15, 0.2) is 27.4 Å². The van der Waals surface area contributed by atoms with E-state index in [0.717, 1.165) is 6.07 Å². The largest absolute Gasteiger partial charge is 0.507 e. The molecule has 0 saturated heterocycles. The van der Waals surface area contributed by atoms with Gasteiger partial charge >= 0.3 is 5.97 Å². The van der Waals surface area contributed by atoms with Crippen LogP contribution in [-0.4, -0.2) is 35.5 Å². The molecule has 3 rings (SSSR count). The second kappa shape index (κ2) is 5.90. The fraction of sp³-hybridized carbons (Fsp3) is 0.176. The van der Waals surface area contributed by atoms with Crippen molar-refractivity contribution in [3.8, 4) is 23.0 Å². The van der Waals surface area contributed by atoms with E-state index in [2.05, 4.69) is 0 Å². The quantitative estimate of drug-likeness (QED) is 0.612. The first-order valence-electron chi connectivity index (χ1n) is 7.15. The van der Waals surface area contributed by atoms with Gasteiger partial charge in [0.25, 0.3) is 0 Å². The minimum absolute atomic E-state index is 0.0134. The smallest absolute Gasteiger partial charge is 0.307 e. The number of benzene rings is 2. The summed E-state index contributed by atoms with van der Waals surface area (Å²) in [5, 5.41) is 29.1. The van der Waals surface area contributed by atoms with Crippen molar-refractivity contribution in [1.29, 1.82) is 0 Å². The SMILES string of the molecule is COc1cc(O)c2c(=O)c3c(CC(=O)O)cc(O)c(OC)c3oc2c1. The van der Waals surface area contributed by atoms with Gasteiger partial charge < -0.3 is 29.2 Å². The topological polar surface area (TPSA) is 126 Å². The fourth-order valence-electron chi connectivity index (χ4n) is 2.76. The standard InChI is InChI=1S/C17H14O8/c1-23-8-5-9(18)14-11(6-8)25-17-13(15(14)22)7(4-12(20)21)3-10(19)16(17)24-2/h3,5-6,18-19H,4H2,1-2H3,(H,20,21). The van der Waals surface area contributed by atoms with Crippen molar-refractivity contribution in [2.45, 2.75) is 6.42 Å². The summed E-state index contributed by atoms with van der Waals surface area (Å²) >= 11 is 0. The number of hydrogen-bond acceptors (Lipinski definition) is 7. The second-order valence-corrected chi connectivity index (χ2v) is 5.31. The molecule has 0 aliphatic heterocycles. The normalized spacial score (nSPS) is 11.0. The lowest BCUT2D eigenvalue weighted by atomic mass is 10.0. The van der Waals surface area contributed by atoms with Gasteiger partial charge in [0.1, 0.15) is 22.5 Å². The molecule has 2 aromatic carbocycles. The van der Waals surface area contributed by atoms with Gasteiger partial charge in [-0.15, -0.1) is 0 Å². The van der Waals surface area contributed by atoms with Crippen LogP contribution in [0, 0.1) is 0 Å². The predicted molar refractivity (Wildman–Crippen MR) is 87.8 cm³/mol. The Balaban J connectivity index is 2.55. The molecule has 8 heteroatoms. The van der Waals surface area contributed by atoms with Gasteiger partial charge in [0.2, 0.25) is 11.2 Å². The first-order chi connectivity index (χ1) is 11.9. The van der Waals surface area contributed by atoms with E-state index in [0.29, 0.717) is 0 Å². The Bertz CT molecular complexity index is 1060. The summed E-state index contributed by atoms with van der Waals surface area (Å²) in [7, 11) is 2.66. The molecule has 3 aromatic rings. The number of methoxy groups -OCH3 is 2. The van der Waals surface area contributed by atoms with Crippen LogP contribution >= 0.6 is 0 Å². The average Bonchev–Trinajstić information content (AvgIpc) is 2.53. The van der Waals surface area contributed by atoms with Gasteiger partial charge in [0, 0.05) is 12.1 Å². The summed E-state index contributed by atoms with van der Waals surface area (Å²) in [6, 6.07) is 3.79. The molecule has 25 heavy (non-hydrogen) atoms. The highest BCUT2D eigenvalue weighted by molar-refractivity contribution is 5.99. The molecule has 0 fully saturated rings. The highest BCUT2D eigenvalue weighted by Crippen LogP contribution is 2.39. The van der Waals surface area contributed by atoms with Crippen molar-refractivity contribution < 1.29 is 34.0 Å². The maximum atomic E-state index is 12.9. The van der Waals surface area contributed by atoms with E-state index < -0.39 is 17.8 Å². The summed E-state index contributed by atoms with van der Waals surface area (Å²) in [5.74, 6) is -1.76. The van der Waals surface area contributed by atoms with Crippen molar-refractivity contribution in [1.82, 2.24) is 0 Å². The maximum Gasteiger partial charge on any atom is 0.307 e. The first-order valence-corrected chi connectivity index (χ1v) is 7.15. The summed E-state index contributed by atoms with van der Waals surface area (Å²) in [6.45, 7) is 0. The monoisotopic (exact) mass is 346 g/mol. The molecule has 1 heterocycles. The Morgan fingerprint density at radius 3 is 2.40 bits per heavy atom. The molecule has 0 radical (unpaired) electrons. The number of carboxylic acid groups (broad SMARTS) is 1. The number of carbonyl (C=O) groups is 1. The van der Waals surface area contributed by atoms with Gasteiger partial charge in [-0.1, -0.05) is 0 Å². The molecule has 0 aliphatic rings. The van der Waals surface area contributed by atoms with Crippen molar-refractivity contribution >= 4 is 27.9 Å². The molecule has 0 unspecified atom stereocenters. The van der Waals surface area contributed by atoms with Crippen LogP contribution in [0.25, 0.3) is 21.9 Å². The van der Waals surface area contributed by atoms with Crippen molar-refractivity contribution in [2.24, 2.45) is 0 Å². The summed E-state index contributed by atoms with van der Waals surface area (Å²) in [4.78, 5) is 24.0. The number of phenols is 2. The van der Waals surface area contributed by atoms with Crippen molar-refractivity contribution in [3.63, 3.8) is 0 Å². The molecule has 0 bridgehead atoms. The van der Waals surface area contributed by atoms with Crippen LogP contribution < -0.4 is 14.9 Å². The van der Waals surface area contributed by atoms with Crippen molar-refractivity contribution in [3.05, 3.63) is 34.0 Å². The second-order valence-electron chi connectivity index (χ2n) is 5.31. The van der Waals surface area contributed by atoms with Crippen molar-refractivity contribution in [2.75, 3.05) is 14.2 Å². The third kappa shape index (κ3) is 2.57. The predicted octanol–water partition coefficient (Wildman–Crippen LogP) is 2.00. The third-order valence-electron chi connectivity index (χ3n) is 3.80. The Labute approximate surface area is 140 Å². The van der Waals surface area contributed by atoms with Gasteiger partial charge in [0.15, 0.2) is 11.3 Å². The number of aliphatic carboxylic acids is 1. The number of phenolic OH excluding ortho intramolecular Hbond substituents is 2. The zero-order valence-electron chi connectivity index (χ0n) is 13.3. The van der Waals surface area contributed by atoms with E-state index in [4.69, 9.17) is 19.0 Å². The molecule has 3 N–H and O–H groups in total. The minimum atomic E-state index is -1.19. The molecule has 0 saturated carbocycles. The van der Waals surface area contributed by atoms with Gasteiger partial charge in [-0.25, -0.2) is 0 Å². The Kier molecular flexibility index (Phi) is 3.88. The lowest BCUT2D eigenvalue weighted by molar-refractivity contribution is -0.136. The molecular formula is C17H14O8. The van der Waals surface area contributed by atoms with E-state index in [9.17, 15) is 19.8 Å². The number of rotatable bonds is 4. The maximum absolute atomic E-state index is 12.9. The Hall–Kier alpha value is -3.42. The first kappa shape index (κ1) is 16.4. The molecule has 8 nitrogen and oxygen atoms in total. The van der Waals surface area contributed by atoms with Gasteiger partial charge in [-0.3, -0.25) is 9.59 Å². The zero-order valence-corrected chi connectivity index (χ0v) is 13.3. The van der Waals surface area contributed by atoms with Crippen LogP contribution in [0.4, 0.5) is 0 Å². The van der Waals surface area contributed by atoms with Crippen LogP contribution in [0.1, 0.15) is 5.56 Å². The molecule has 0 amide bonds. The van der Waals surface area contributed by atoms with Crippen LogP contribution in [0.3, 0.4) is 0 Å². The minimum Gasteiger partial charge on any atom is -0.507 e. The van der Waals surface area contributed by atoms with E-state index >= 15 is 0 Å². The van der Waals surface area contributed by atoms with E-state index in [1.807, 2.05) is 0 Å². The fourth-order valence-corrected chi connectivity index (χ4v) is 2.76. The molecule has 0 atom stereocenters. The highest BCUT2D eigenvalue weighted by atomic mass is 16.5. The number of ether oxygens (including phenoxy) is 2. The molecule has 1 aromatic heterocycles. The molecular weight excluding hydrogens is 332 g/mol. The number of fused-ring (bicyclic) bond motifs is 2. The summed E-state index contributed by atoms with van der Waals surface area (Å²) in [5.41, 5.74) is -0.680. The lowest BCUT2D eigenvalue weighted by Crippen LogP contribution is -2.10. The van der Waals surface area contributed by atoms with Crippen LogP contribution in [0.2, 0.25) is 0 Å². The van der Waals surface area contributed by atoms with E-state index in [1.165, 1.54) is 26.4 Å². The summed E-state index contributed by atoms with van der Waals surface area (Å²) < 4.78 is 15.8. The van der Waals surface area contributed by atoms with Crippen LogP contribution in [-0.2, 0) is 11.2 Å². The molecule has 0 aliphatic carbocycles.